The molecule has 19 heavy (non-hydrogen) atoms. The number of rotatable bonds is 7. The van der Waals surface area contributed by atoms with Gasteiger partial charge in [-0.05, 0) is 59.8 Å². The number of benzene rings is 1. The fourth-order valence-electron chi connectivity index (χ4n) is 2.30. The summed E-state index contributed by atoms with van der Waals surface area (Å²) < 4.78 is 28.0. The van der Waals surface area contributed by atoms with Gasteiger partial charge in [-0.25, -0.2) is 8.78 Å². The molecule has 0 aromatic heterocycles. The Hall–Kier alpha value is -0.480. The highest BCUT2D eigenvalue weighted by Gasteiger charge is 2.20. The molecular weight excluding hydrogens is 312 g/mol. The maximum absolute atomic E-state index is 13.9. The van der Waals surface area contributed by atoms with Crippen molar-refractivity contribution in [2.24, 2.45) is 5.92 Å². The molecule has 0 fully saturated rings. The molecule has 1 nitrogen and oxygen atoms in total. The highest BCUT2D eigenvalue weighted by atomic mass is 79.9. The van der Waals surface area contributed by atoms with E-state index in [0.717, 1.165) is 19.4 Å². The van der Waals surface area contributed by atoms with E-state index < -0.39 is 11.6 Å². The molecule has 0 saturated heterocycles. The van der Waals surface area contributed by atoms with Gasteiger partial charge in [0.2, 0.25) is 0 Å². The Labute approximate surface area is 122 Å². The fraction of sp³-hybridized carbons (Fsp3) is 0.600. The van der Waals surface area contributed by atoms with Gasteiger partial charge in [0.05, 0.1) is 4.47 Å². The fourth-order valence-corrected chi connectivity index (χ4v) is 2.67. The van der Waals surface area contributed by atoms with E-state index in [4.69, 9.17) is 0 Å². The van der Waals surface area contributed by atoms with Crippen molar-refractivity contribution in [1.29, 1.82) is 0 Å². The van der Waals surface area contributed by atoms with Gasteiger partial charge in [-0.3, -0.25) is 0 Å². The van der Waals surface area contributed by atoms with E-state index in [1.807, 2.05) is 6.92 Å². The van der Waals surface area contributed by atoms with Crippen LogP contribution >= 0.6 is 15.9 Å². The molecule has 1 rings (SSSR count). The number of hydrogen-bond donors (Lipinski definition) is 1. The average molecular weight is 334 g/mol. The van der Waals surface area contributed by atoms with Crippen molar-refractivity contribution in [3.8, 4) is 0 Å². The molecule has 0 radical (unpaired) electrons. The molecule has 0 bridgehead atoms. The van der Waals surface area contributed by atoms with E-state index >= 15 is 0 Å². The number of halogens is 3. The Bertz CT molecular complexity index is 409. The van der Waals surface area contributed by atoms with E-state index in [1.165, 1.54) is 12.1 Å². The normalized spacial score (nSPS) is 14.4. The minimum atomic E-state index is -0.475. The Morgan fingerprint density at radius 2 is 1.95 bits per heavy atom. The van der Waals surface area contributed by atoms with Gasteiger partial charge in [0.25, 0.3) is 0 Å². The van der Waals surface area contributed by atoms with Crippen molar-refractivity contribution in [3.63, 3.8) is 0 Å². The molecule has 0 aliphatic heterocycles. The van der Waals surface area contributed by atoms with Gasteiger partial charge in [-0.2, -0.15) is 0 Å². The number of hydrogen-bond acceptors (Lipinski definition) is 1. The van der Waals surface area contributed by atoms with Gasteiger partial charge < -0.3 is 5.32 Å². The quantitative estimate of drug-likeness (QED) is 0.714. The van der Waals surface area contributed by atoms with Gasteiger partial charge in [0.15, 0.2) is 0 Å². The van der Waals surface area contributed by atoms with Crippen LogP contribution < -0.4 is 5.32 Å². The summed E-state index contributed by atoms with van der Waals surface area (Å²) in [5, 5.41) is 3.44. The lowest BCUT2D eigenvalue weighted by atomic mass is 9.91. The molecule has 2 atom stereocenters. The molecule has 0 heterocycles. The molecule has 1 aromatic carbocycles. The van der Waals surface area contributed by atoms with E-state index in [2.05, 4.69) is 35.1 Å². The molecule has 108 valence electrons. The van der Waals surface area contributed by atoms with Crippen LogP contribution in [0.5, 0.6) is 0 Å². The molecule has 0 aliphatic carbocycles. The van der Waals surface area contributed by atoms with Gasteiger partial charge in [0.1, 0.15) is 11.6 Å². The van der Waals surface area contributed by atoms with Crippen molar-refractivity contribution in [2.75, 3.05) is 6.54 Å². The van der Waals surface area contributed by atoms with Crippen LogP contribution in [0.2, 0.25) is 0 Å². The average Bonchev–Trinajstić information content (AvgIpc) is 2.40. The molecule has 1 N–H and O–H groups in total. The lowest BCUT2D eigenvalue weighted by molar-refractivity contribution is 0.356. The zero-order chi connectivity index (χ0) is 14.4. The summed E-state index contributed by atoms with van der Waals surface area (Å²) in [7, 11) is 0. The SMILES string of the molecule is CCCNC(CC)C(C)Cc1c(F)ccc(Br)c1F. The summed E-state index contributed by atoms with van der Waals surface area (Å²) in [6, 6.07) is 3.01. The Morgan fingerprint density at radius 3 is 2.53 bits per heavy atom. The van der Waals surface area contributed by atoms with Gasteiger partial charge in [-0.15, -0.1) is 0 Å². The Balaban J connectivity index is 2.80. The van der Waals surface area contributed by atoms with Crippen molar-refractivity contribution >= 4 is 15.9 Å². The molecule has 0 saturated carbocycles. The second-order valence-corrected chi connectivity index (χ2v) is 5.83. The first-order valence-electron chi connectivity index (χ1n) is 6.86. The monoisotopic (exact) mass is 333 g/mol. The third kappa shape index (κ3) is 4.53. The van der Waals surface area contributed by atoms with Crippen molar-refractivity contribution in [3.05, 3.63) is 33.8 Å². The summed E-state index contributed by atoms with van der Waals surface area (Å²) in [6.45, 7) is 7.18. The molecule has 2 unspecified atom stereocenters. The minimum Gasteiger partial charge on any atom is -0.314 e. The maximum atomic E-state index is 13.9. The van der Waals surface area contributed by atoms with E-state index in [-0.39, 0.29) is 17.5 Å². The summed E-state index contributed by atoms with van der Waals surface area (Å²) in [4.78, 5) is 0. The largest absolute Gasteiger partial charge is 0.314 e. The third-order valence-corrected chi connectivity index (χ3v) is 4.06. The van der Waals surface area contributed by atoms with E-state index in [9.17, 15) is 8.78 Å². The zero-order valence-electron chi connectivity index (χ0n) is 11.8. The summed E-state index contributed by atoms with van der Waals surface area (Å²) in [6.07, 6.45) is 2.42. The van der Waals surface area contributed by atoms with Crippen molar-refractivity contribution in [2.45, 2.75) is 46.1 Å². The van der Waals surface area contributed by atoms with E-state index in [0.29, 0.717) is 10.9 Å². The lowest BCUT2D eigenvalue weighted by Gasteiger charge is -2.24. The van der Waals surface area contributed by atoms with Crippen LogP contribution in [-0.2, 0) is 6.42 Å². The van der Waals surface area contributed by atoms with Crippen LogP contribution in [-0.4, -0.2) is 12.6 Å². The predicted molar refractivity (Wildman–Crippen MR) is 79.3 cm³/mol. The first kappa shape index (κ1) is 16.6. The highest BCUT2D eigenvalue weighted by molar-refractivity contribution is 9.10. The summed E-state index contributed by atoms with van der Waals surface area (Å²) in [5.41, 5.74) is 0.179. The molecule has 0 amide bonds. The Morgan fingerprint density at radius 1 is 1.26 bits per heavy atom. The summed E-state index contributed by atoms with van der Waals surface area (Å²) in [5.74, 6) is -0.745. The van der Waals surface area contributed by atoms with Crippen LogP contribution in [0.15, 0.2) is 16.6 Å². The topological polar surface area (TPSA) is 12.0 Å². The summed E-state index contributed by atoms with van der Waals surface area (Å²) >= 11 is 3.11. The molecule has 4 heteroatoms. The molecule has 0 aliphatic rings. The van der Waals surface area contributed by atoms with E-state index in [1.54, 1.807) is 0 Å². The van der Waals surface area contributed by atoms with Crippen LogP contribution in [0.1, 0.15) is 39.2 Å². The van der Waals surface area contributed by atoms with Gasteiger partial charge >= 0.3 is 0 Å². The first-order valence-corrected chi connectivity index (χ1v) is 7.66. The smallest absolute Gasteiger partial charge is 0.143 e. The zero-order valence-corrected chi connectivity index (χ0v) is 13.4. The van der Waals surface area contributed by atoms with Crippen molar-refractivity contribution in [1.82, 2.24) is 5.32 Å². The number of nitrogens with one attached hydrogen (secondary N) is 1. The highest BCUT2D eigenvalue weighted by Crippen LogP contribution is 2.25. The minimum absolute atomic E-state index is 0.179. The first-order chi connectivity index (χ1) is 9.01. The lowest BCUT2D eigenvalue weighted by Crippen LogP contribution is -2.36. The predicted octanol–water partition coefficient (Wildman–Crippen LogP) is 4.68. The van der Waals surface area contributed by atoms with Crippen LogP contribution in [0.3, 0.4) is 0 Å². The van der Waals surface area contributed by atoms with Gasteiger partial charge in [0, 0.05) is 11.6 Å². The molecule has 1 aromatic rings. The molecule has 0 spiro atoms. The third-order valence-electron chi connectivity index (χ3n) is 3.45. The molecular formula is C15H22BrF2N. The second-order valence-electron chi connectivity index (χ2n) is 4.97. The van der Waals surface area contributed by atoms with Crippen molar-refractivity contribution < 1.29 is 8.78 Å². The van der Waals surface area contributed by atoms with Crippen LogP contribution in [0, 0.1) is 17.6 Å². The van der Waals surface area contributed by atoms with Crippen LogP contribution in [0.25, 0.3) is 0 Å². The Kier molecular flexibility index (Phi) is 6.94. The van der Waals surface area contributed by atoms with Crippen LogP contribution in [0.4, 0.5) is 8.78 Å². The van der Waals surface area contributed by atoms with Gasteiger partial charge in [-0.1, -0.05) is 20.8 Å². The standard InChI is InChI=1S/C15H22BrF2N/c1-4-8-19-14(5-2)10(3)9-11-13(17)7-6-12(16)15(11)18/h6-7,10,14,19H,4-5,8-9H2,1-3H3. The maximum Gasteiger partial charge on any atom is 0.143 e. The second kappa shape index (κ2) is 7.95.